The SMILES string of the molecule is COc1ccc(C=CC(=O)Nc2cccc3ccn(C(C)c4cnc[nH]4)c23)cc1OC(C)=O. The highest BCUT2D eigenvalue weighted by molar-refractivity contribution is 6.07. The molecule has 168 valence electrons. The predicted molar refractivity (Wildman–Crippen MR) is 126 cm³/mol. The Morgan fingerprint density at radius 2 is 2.03 bits per heavy atom. The van der Waals surface area contributed by atoms with E-state index in [0.717, 1.165) is 16.6 Å². The number of methoxy groups -OCH3 is 1. The average Bonchev–Trinajstić information content (AvgIpc) is 3.48. The minimum Gasteiger partial charge on any atom is -0.493 e. The first-order chi connectivity index (χ1) is 16.0. The van der Waals surface area contributed by atoms with Crippen LogP contribution in [-0.2, 0) is 9.59 Å². The van der Waals surface area contributed by atoms with E-state index in [1.54, 1.807) is 36.8 Å². The second kappa shape index (κ2) is 9.44. The fourth-order valence-electron chi connectivity index (χ4n) is 3.67. The van der Waals surface area contributed by atoms with E-state index >= 15 is 0 Å². The molecule has 2 N–H and O–H groups in total. The lowest BCUT2D eigenvalue weighted by atomic mass is 10.1. The van der Waals surface area contributed by atoms with Crippen LogP contribution in [0, 0.1) is 0 Å². The highest BCUT2D eigenvalue weighted by Crippen LogP contribution is 2.30. The Morgan fingerprint density at radius 3 is 2.76 bits per heavy atom. The summed E-state index contributed by atoms with van der Waals surface area (Å²) < 4.78 is 12.5. The molecule has 0 spiro atoms. The molecule has 0 saturated carbocycles. The number of rotatable bonds is 7. The first-order valence-electron chi connectivity index (χ1n) is 10.4. The number of amides is 1. The lowest BCUT2D eigenvalue weighted by Crippen LogP contribution is -2.11. The first kappa shape index (κ1) is 21.9. The number of nitrogens with one attached hydrogen (secondary N) is 2. The maximum absolute atomic E-state index is 12.7. The molecule has 33 heavy (non-hydrogen) atoms. The van der Waals surface area contributed by atoms with Crippen LogP contribution in [0.5, 0.6) is 11.5 Å². The van der Waals surface area contributed by atoms with Crippen LogP contribution in [0.4, 0.5) is 5.69 Å². The number of para-hydroxylation sites is 1. The summed E-state index contributed by atoms with van der Waals surface area (Å²) in [6.07, 6.45) is 8.52. The molecule has 0 saturated heterocycles. The molecule has 8 heteroatoms. The molecule has 8 nitrogen and oxygen atoms in total. The van der Waals surface area contributed by atoms with Crippen LogP contribution in [0.25, 0.3) is 17.0 Å². The Kier molecular flexibility index (Phi) is 6.26. The third-order valence-electron chi connectivity index (χ3n) is 5.25. The molecule has 2 heterocycles. The molecule has 1 unspecified atom stereocenters. The van der Waals surface area contributed by atoms with E-state index in [-0.39, 0.29) is 11.9 Å². The number of hydrogen-bond donors (Lipinski definition) is 2. The third kappa shape index (κ3) is 4.79. The fourth-order valence-corrected chi connectivity index (χ4v) is 3.67. The summed E-state index contributed by atoms with van der Waals surface area (Å²) in [4.78, 5) is 31.3. The number of imidazole rings is 1. The van der Waals surface area contributed by atoms with Crippen LogP contribution in [0.15, 0.2) is 67.3 Å². The fraction of sp³-hybridized carbons (Fsp3) is 0.160. The highest BCUT2D eigenvalue weighted by atomic mass is 16.6. The average molecular weight is 444 g/mol. The molecular weight excluding hydrogens is 420 g/mol. The van der Waals surface area contributed by atoms with Gasteiger partial charge in [-0.15, -0.1) is 0 Å². The number of carbonyl (C=O) groups excluding carboxylic acids is 2. The minimum atomic E-state index is -0.451. The van der Waals surface area contributed by atoms with Crippen molar-refractivity contribution in [3.63, 3.8) is 0 Å². The molecule has 1 atom stereocenters. The molecule has 1 amide bonds. The van der Waals surface area contributed by atoms with E-state index in [2.05, 4.69) is 26.8 Å². The molecular formula is C25H24N4O4. The Morgan fingerprint density at radius 1 is 1.18 bits per heavy atom. The van der Waals surface area contributed by atoms with Crippen molar-refractivity contribution < 1.29 is 19.1 Å². The van der Waals surface area contributed by atoms with Crippen molar-refractivity contribution in [3.05, 3.63) is 78.5 Å². The normalized spacial score (nSPS) is 12.1. The van der Waals surface area contributed by atoms with Gasteiger partial charge in [0.05, 0.1) is 42.6 Å². The summed E-state index contributed by atoms with van der Waals surface area (Å²) in [5, 5.41) is 3.99. The number of ether oxygens (including phenoxy) is 2. The Bertz CT molecular complexity index is 1320. The van der Waals surface area contributed by atoms with Crippen molar-refractivity contribution in [2.75, 3.05) is 12.4 Å². The quantitative estimate of drug-likeness (QED) is 0.247. The number of anilines is 1. The van der Waals surface area contributed by atoms with Gasteiger partial charge in [-0.1, -0.05) is 18.2 Å². The van der Waals surface area contributed by atoms with Gasteiger partial charge in [-0.05, 0) is 42.8 Å². The standard InChI is InChI=1S/C25H24N4O4/c1-16(21-14-26-15-27-21)29-12-11-19-5-4-6-20(25(19)29)28-24(31)10-8-18-7-9-22(32-3)23(13-18)33-17(2)30/h4-16H,1-3H3,(H,26,27)(H,28,31). The number of benzene rings is 2. The van der Waals surface area contributed by atoms with Gasteiger partial charge in [-0.25, -0.2) is 4.98 Å². The zero-order chi connectivity index (χ0) is 23.4. The molecule has 0 aliphatic carbocycles. The molecule has 0 aliphatic heterocycles. The number of fused-ring (bicyclic) bond motifs is 1. The zero-order valence-electron chi connectivity index (χ0n) is 18.5. The van der Waals surface area contributed by atoms with E-state index in [4.69, 9.17) is 9.47 Å². The summed E-state index contributed by atoms with van der Waals surface area (Å²) in [7, 11) is 1.49. The second-order valence-electron chi connectivity index (χ2n) is 7.48. The summed E-state index contributed by atoms with van der Waals surface area (Å²) in [5.41, 5.74) is 3.28. The van der Waals surface area contributed by atoms with Gasteiger partial charge in [0, 0.05) is 24.6 Å². The molecule has 0 bridgehead atoms. The molecule has 4 aromatic rings. The van der Waals surface area contributed by atoms with Crippen molar-refractivity contribution in [1.82, 2.24) is 14.5 Å². The largest absolute Gasteiger partial charge is 0.493 e. The van der Waals surface area contributed by atoms with Gasteiger partial charge >= 0.3 is 5.97 Å². The monoisotopic (exact) mass is 444 g/mol. The van der Waals surface area contributed by atoms with Crippen LogP contribution < -0.4 is 14.8 Å². The summed E-state index contributed by atoms with van der Waals surface area (Å²) in [6.45, 7) is 3.38. The zero-order valence-corrected chi connectivity index (χ0v) is 18.5. The number of aromatic nitrogens is 3. The Balaban J connectivity index is 1.57. The topological polar surface area (TPSA) is 98.2 Å². The lowest BCUT2D eigenvalue weighted by Gasteiger charge is -2.16. The Hall–Kier alpha value is -4.33. The number of carbonyl (C=O) groups is 2. The van der Waals surface area contributed by atoms with E-state index in [1.165, 1.54) is 20.1 Å². The Labute approximate surface area is 190 Å². The molecule has 4 rings (SSSR count). The third-order valence-corrected chi connectivity index (χ3v) is 5.25. The van der Waals surface area contributed by atoms with Crippen LogP contribution in [-0.4, -0.2) is 33.5 Å². The second-order valence-corrected chi connectivity index (χ2v) is 7.48. The summed E-state index contributed by atoms with van der Waals surface area (Å²) >= 11 is 0. The number of hydrogen-bond acceptors (Lipinski definition) is 5. The van der Waals surface area contributed by atoms with Gasteiger partial charge in [0.15, 0.2) is 11.5 Å². The smallest absolute Gasteiger partial charge is 0.308 e. The highest BCUT2D eigenvalue weighted by Gasteiger charge is 2.15. The number of aromatic amines is 1. The molecule has 2 aromatic heterocycles. The van der Waals surface area contributed by atoms with Crippen LogP contribution in [0.1, 0.15) is 31.1 Å². The van der Waals surface area contributed by atoms with Crippen LogP contribution in [0.3, 0.4) is 0 Å². The van der Waals surface area contributed by atoms with Gasteiger partial charge in [-0.2, -0.15) is 0 Å². The van der Waals surface area contributed by atoms with E-state index < -0.39 is 5.97 Å². The number of esters is 1. The molecule has 2 aromatic carbocycles. The van der Waals surface area contributed by atoms with Gasteiger partial charge in [0.2, 0.25) is 5.91 Å². The van der Waals surface area contributed by atoms with Crippen molar-refractivity contribution in [2.45, 2.75) is 19.9 Å². The lowest BCUT2D eigenvalue weighted by molar-refractivity contribution is -0.132. The number of H-pyrrole nitrogens is 1. The van der Waals surface area contributed by atoms with Crippen LogP contribution in [0.2, 0.25) is 0 Å². The molecule has 0 radical (unpaired) electrons. The molecule has 0 aliphatic rings. The predicted octanol–water partition coefficient (Wildman–Crippen LogP) is 4.56. The van der Waals surface area contributed by atoms with Crippen molar-refractivity contribution in [2.24, 2.45) is 0 Å². The maximum Gasteiger partial charge on any atom is 0.308 e. The maximum atomic E-state index is 12.7. The summed E-state index contributed by atoms with van der Waals surface area (Å²) in [5.74, 6) is -0.00417. The van der Waals surface area contributed by atoms with Crippen molar-refractivity contribution in [1.29, 1.82) is 0 Å². The van der Waals surface area contributed by atoms with Gasteiger partial charge in [-0.3, -0.25) is 9.59 Å². The van der Waals surface area contributed by atoms with Gasteiger partial charge < -0.3 is 24.3 Å². The molecule has 0 fully saturated rings. The van der Waals surface area contributed by atoms with Gasteiger partial charge in [0.25, 0.3) is 0 Å². The first-order valence-corrected chi connectivity index (χ1v) is 10.4. The number of nitrogens with zero attached hydrogens (tertiary/aromatic N) is 2. The minimum absolute atomic E-state index is 0.0117. The van der Waals surface area contributed by atoms with Crippen molar-refractivity contribution >= 4 is 34.5 Å². The van der Waals surface area contributed by atoms with Gasteiger partial charge in [0.1, 0.15) is 0 Å². The van der Waals surface area contributed by atoms with E-state index in [1.807, 2.05) is 30.5 Å². The van der Waals surface area contributed by atoms with Crippen LogP contribution >= 0.6 is 0 Å². The van der Waals surface area contributed by atoms with E-state index in [0.29, 0.717) is 22.7 Å². The van der Waals surface area contributed by atoms with Crippen molar-refractivity contribution in [3.8, 4) is 11.5 Å². The summed E-state index contributed by atoms with van der Waals surface area (Å²) in [6, 6.07) is 12.9. The van der Waals surface area contributed by atoms with E-state index in [9.17, 15) is 9.59 Å².